The van der Waals surface area contributed by atoms with E-state index in [2.05, 4.69) is 15.9 Å². The highest BCUT2D eigenvalue weighted by Crippen LogP contribution is 2.45. The van der Waals surface area contributed by atoms with Crippen LogP contribution in [0.2, 0.25) is 0 Å². The van der Waals surface area contributed by atoms with Gasteiger partial charge in [0.2, 0.25) is 14.7 Å². The second kappa shape index (κ2) is 18.6. The third-order valence-electron chi connectivity index (χ3n) is 10.7. The molecule has 0 radical (unpaired) electrons. The Labute approximate surface area is 345 Å². The second-order valence-electron chi connectivity index (χ2n) is 17.3. The molecular weight excluding hydrogens is 823 g/mol. The molecule has 5 rings (SSSR count). The molecular formula is C38H64B3BrO12P2. The van der Waals surface area contributed by atoms with Crippen molar-refractivity contribution in [2.24, 2.45) is 0 Å². The Morgan fingerprint density at radius 1 is 0.554 bits per heavy atom. The van der Waals surface area contributed by atoms with E-state index in [-0.39, 0.29) is 46.3 Å². The van der Waals surface area contributed by atoms with Crippen LogP contribution in [0.4, 0.5) is 0 Å². The van der Waals surface area contributed by atoms with Crippen molar-refractivity contribution in [3.05, 3.63) is 53.0 Å². The fourth-order valence-corrected chi connectivity index (χ4v) is 7.68. The fraction of sp³-hybridized carbons (Fsp3) is 0.684. The van der Waals surface area contributed by atoms with Gasteiger partial charge in [-0.1, -0.05) is 34.1 Å². The number of hydrogen-bond donors (Lipinski definition) is 0. The molecule has 0 N–H and O–H groups in total. The van der Waals surface area contributed by atoms with E-state index in [4.69, 9.17) is 46.4 Å². The fourth-order valence-electron chi connectivity index (χ4n) is 5.29. The van der Waals surface area contributed by atoms with Gasteiger partial charge in [0.1, 0.15) is 11.5 Å². The molecule has 3 aliphatic rings. The van der Waals surface area contributed by atoms with E-state index in [1.165, 1.54) is 0 Å². The predicted octanol–water partition coefficient (Wildman–Crippen LogP) is 9.25. The number of halogens is 1. The summed E-state index contributed by atoms with van der Waals surface area (Å²) in [7, 11) is -6.73. The van der Waals surface area contributed by atoms with Gasteiger partial charge in [-0.3, -0.25) is 9.13 Å². The van der Waals surface area contributed by atoms with Gasteiger partial charge >= 0.3 is 21.1 Å². The molecule has 0 saturated carbocycles. The zero-order valence-corrected chi connectivity index (χ0v) is 39.7. The van der Waals surface area contributed by atoms with Crippen LogP contribution < -0.4 is 14.9 Å². The van der Waals surface area contributed by atoms with E-state index in [1.807, 2.05) is 145 Å². The van der Waals surface area contributed by atoms with Gasteiger partial charge in [-0.25, -0.2) is 0 Å². The molecule has 3 aliphatic heterocycles. The summed E-state index contributed by atoms with van der Waals surface area (Å²) in [4.78, 5) is 0. The number of rotatable bonds is 12. The lowest BCUT2D eigenvalue weighted by molar-refractivity contribution is 0.00578. The first-order valence-corrected chi connectivity index (χ1v) is 24.4. The van der Waals surface area contributed by atoms with Gasteiger partial charge in [0.15, 0.2) is 12.7 Å². The zero-order chi connectivity index (χ0) is 42.6. The molecule has 12 nitrogen and oxygen atoms in total. The minimum atomic E-state index is -2.72. The Bertz CT molecular complexity index is 1630. The van der Waals surface area contributed by atoms with E-state index in [1.54, 1.807) is 13.3 Å². The van der Waals surface area contributed by atoms with Crippen molar-refractivity contribution in [1.29, 1.82) is 0 Å². The second-order valence-corrected chi connectivity index (χ2v) is 23.3. The molecule has 0 bridgehead atoms. The highest BCUT2D eigenvalue weighted by atomic mass is 79.9. The van der Waals surface area contributed by atoms with Gasteiger partial charge in [-0.15, -0.1) is 0 Å². The highest BCUT2D eigenvalue weighted by Gasteiger charge is 2.63. The molecule has 0 amide bonds. The normalized spacial score (nSPS) is 23.2. The van der Waals surface area contributed by atoms with Crippen LogP contribution in [-0.2, 0) is 46.1 Å². The van der Waals surface area contributed by atoms with Gasteiger partial charge in [0, 0.05) is 17.8 Å². The van der Waals surface area contributed by atoms with Crippen molar-refractivity contribution in [3.8, 4) is 11.5 Å². The first kappa shape index (κ1) is 49.2. The Balaban J connectivity index is 0.000000231. The number of hydrogen-bond acceptors (Lipinski definition) is 12. The average Bonchev–Trinajstić information content (AvgIpc) is 3.53. The van der Waals surface area contributed by atoms with E-state index < -0.39 is 35.9 Å². The summed E-state index contributed by atoms with van der Waals surface area (Å²) < 4.78 is 82.0. The monoisotopic (exact) mass is 886 g/mol. The van der Waals surface area contributed by atoms with E-state index in [9.17, 15) is 9.13 Å². The maximum Gasteiger partial charge on any atom is 0.494 e. The molecule has 2 unspecified atom stereocenters. The minimum Gasteiger partial charge on any atom is -0.484 e. The van der Waals surface area contributed by atoms with Crippen molar-refractivity contribution in [2.75, 3.05) is 39.2 Å². The summed E-state index contributed by atoms with van der Waals surface area (Å²) in [5.41, 5.74) is -1.33. The first-order chi connectivity index (χ1) is 25.5. The Morgan fingerprint density at radius 3 is 1.25 bits per heavy atom. The molecule has 56 heavy (non-hydrogen) atoms. The quantitative estimate of drug-likeness (QED) is 0.149. The molecule has 3 fully saturated rings. The molecule has 0 spiro atoms. The third kappa shape index (κ3) is 13.2. The lowest BCUT2D eigenvalue weighted by atomic mass is 9.49. The van der Waals surface area contributed by atoms with E-state index >= 15 is 0 Å². The van der Waals surface area contributed by atoms with Crippen LogP contribution in [0.5, 0.6) is 11.5 Å². The number of benzene rings is 2. The molecule has 0 aliphatic carbocycles. The Morgan fingerprint density at radius 2 is 0.893 bits per heavy atom. The van der Waals surface area contributed by atoms with Gasteiger partial charge in [0.05, 0.1) is 46.8 Å². The minimum absolute atomic E-state index is 0.0493. The summed E-state index contributed by atoms with van der Waals surface area (Å²) in [5.74, 6) is 1.31. The largest absolute Gasteiger partial charge is 0.494 e. The third-order valence-corrected chi connectivity index (χ3v) is 14.0. The van der Waals surface area contributed by atoms with Crippen LogP contribution in [0, 0.1) is 0 Å². The molecule has 2 aromatic carbocycles. The van der Waals surface area contributed by atoms with Gasteiger partial charge < -0.3 is 46.4 Å². The van der Waals surface area contributed by atoms with Gasteiger partial charge in [-0.05, 0) is 133 Å². The van der Waals surface area contributed by atoms with Crippen molar-refractivity contribution in [3.63, 3.8) is 0 Å². The molecule has 2 atom stereocenters. The van der Waals surface area contributed by atoms with E-state index in [0.29, 0.717) is 24.7 Å². The first-order valence-electron chi connectivity index (χ1n) is 19.1. The molecule has 2 aromatic rings. The molecule has 18 heteroatoms. The standard InChI is InChI=1S/C16H26BO5P.C12H24B2O4.C10H14BrO3P/c1-7-20-23(6,18)12-19-14-10-8-9-13(11-14)17-21-15(2,3)16(4,5)22-17;1-9(2)10(3,4)16-13(15-9)14-17-11(5,6)12(7,8)18-14;1-3-14-15(2,12)8-13-10-6-4-5-9(11)7-10/h8-11H,7,12H2,1-6H3;1-8H3;4-7H,3,8H2,1-2H3. The Kier molecular flexibility index (Phi) is 16.4. The average molecular weight is 887 g/mol. The smallest absolute Gasteiger partial charge is 0.484 e. The van der Waals surface area contributed by atoms with Crippen molar-refractivity contribution >= 4 is 57.3 Å². The van der Waals surface area contributed by atoms with Crippen LogP contribution in [-0.4, -0.2) is 94.0 Å². The van der Waals surface area contributed by atoms with E-state index in [0.717, 1.165) is 9.94 Å². The van der Waals surface area contributed by atoms with Crippen molar-refractivity contribution < 1.29 is 55.6 Å². The predicted molar refractivity (Wildman–Crippen MR) is 230 cm³/mol. The van der Waals surface area contributed by atoms with Crippen LogP contribution in [0.1, 0.15) is 96.9 Å². The van der Waals surface area contributed by atoms with Gasteiger partial charge in [-0.2, -0.15) is 0 Å². The van der Waals surface area contributed by atoms with Crippen molar-refractivity contribution in [2.45, 2.75) is 131 Å². The summed E-state index contributed by atoms with van der Waals surface area (Å²) in [6.07, 6.45) is 0.158. The van der Waals surface area contributed by atoms with Crippen LogP contribution >= 0.6 is 30.7 Å². The maximum atomic E-state index is 12.1. The Hall–Kier alpha value is -1.15. The molecule has 0 aromatic heterocycles. The summed E-state index contributed by atoms with van der Waals surface area (Å²) in [6, 6.07) is 14.9. The zero-order valence-electron chi connectivity index (χ0n) is 36.4. The van der Waals surface area contributed by atoms with Crippen LogP contribution in [0.25, 0.3) is 0 Å². The topological polar surface area (TPSA) is 126 Å². The van der Waals surface area contributed by atoms with Crippen LogP contribution in [0.15, 0.2) is 53.0 Å². The SMILES string of the molecule is CC1(C)OB(B2OC(C)(C)C(C)(C)O2)OC1(C)C.CCOP(C)(=O)COc1cccc(B2OC(C)(C)C(C)(C)O2)c1.CCOP(C)(=O)COc1cccc(Br)c1. The lowest BCUT2D eigenvalue weighted by Gasteiger charge is -2.32. The van der Waals surface area contributed by atoms with Crippen LogP contribution in [0.3, 0.4) is 0 Å². The summed E-state index contributed by atoms with van der Waals surface area (Å²) in [5, 5.41) is 0. The van der Waals surface area contributed by atoms with Crippen molar-refractivity contribution in [1.82, 2.24) is 0 Å². The number of ether oxygens (including phenoxy) is 2. The maximum absolute atomic E-state index is 12.1. The molecule has 314 valence electrons. The summed E-state index contributed by atoms with van der Waals surface area (Å²) in [6.45, 7) is 31.9. The summed E-state index contributed by atoms with van der Waals surface area (Å²) >= 11 is 3.33. The molecule has 3 saturated heterocycles. The highest BCUT2D eigenvalue weighted by molar-refractivity contribution is 9.10. The lowest BCUT2D eigenvalue weighted by Crippen LogP contribution is -2.41. The van der Waals surface area contributed by atoms with Gasteiger partial charge in [0.25, 0.3) is 0 Å². The molecule has 3 heterocycles.